The van der Waals surface area contributed by atoms with E-state index in [9.17, 15) is 4.79 Å². The highest BCUT2D eigenvalue weighted by Gasteiger charge is 2.24. The van der Waals surface area contributed by atoms with E-state index >= 15 is 0 Å². The minimum atomic E-state index is -0.233. The minimum absolute atomic E-state index is 0.0323. The molecule has 1 amide bonds. The van der Waals surface area contributed by atoms with Crippen LogP contribution in [0.25, 0.3) is 10.8 Å². The fraction of sp³-hybridized carbons (Fsp3) is 0.294. The Morgan fingerprint density at radius 2 is 2.00 bits per heavy atom. The maximum atomic E-state index is 11.8. The average Bonchev–Trinajstić information content (AvgIpc) is 3.35. The lowest BCUT2D eigenvalue weighted by atomic mass is 10.1. The first-order chi connectivity index (χ1) is 10.2. The molecule has 3 rings (SSSR count). The number of fused-ring (bicyclic) bond motifs is 1. The number of hydrazone groups is 1. The van der Waals surface area contributed by atoms with Gasteiger partial charge in [0.25, 0.3) is 5.91 Å². The second-order valence-corrected chi connectivity index (χ2v) is 5.33. The molecule has 2 aromatic rings. The fourth-order valence-electron chi connectivity index (χ4n) is 2.24. The molecule has 0 radical (unpaired) electrons. The van der Waals surface area contributed by atoms with Gasteiger partial charge in [0.2, 0.25) is 0 Å². The summed E-state index contributed by atoms with van der Waals surface area (Å²) in [6.45, 7) is 1.92. The molecule has 4 heteroatoms. The Balaban J connectivity index is 1.61. The Kier molecular flexibility index (Phi) is 3.86. The third-order valence-corrected chi connectivity index (χ3v) is 3.63. The highest BCUT2D eigenvalue weighted by atomic mass is 16.5. The van der Waals surface area contributed by atoms with Gasteiger partial charge in [-0.15, -0.1) is 0 Å². The highest BCUT2D eigenvalue weighted by molar-refractivity contribution is 5.89. The van der Waals surface area contributed by atoms with Crippen molar-refractivity contribution >= 4 is 22.4 Å². The zero-order valence-corrected chi connectivity index (χ0v) is 12.0. The molecule has 1 aliphatic carbocycles. The molecule has 0 aliphatic heterocycles. The maximum Gasteiger partial charge on any atom is 0.277 e. The van der Waals surface area contributed by atoms with Crippen LogP contribution in [0.4, 0.5) is 0 Å². The van der Waals surface area contributed by atoms with Gasteiger partial charge in [0, 0.05) is 11.1 Å². The lowest BCUT2D eigenvalue weighted by Gasteiger charge is -2.08. The lowest BCUT2D eigenvalue weighted by molar-refractivity contribution is -0.123. The van der Waals surface area contributed by atoms with E-state index in [0.29, 0.717) is 11.7 Å². The largest absolute Gasteiger partial charge is 0.483 e. The molecule has 0 heterocycles. The highest BCUT2D eigenvalue weighted by Crippen LogP contribution is 2.30. The van der Waals surface area contributed by atoms with E-state index < -0.39 is 0 Å². The zero-order valence-electron chi connectivity index (χ0n) is 12.0. The van der Waals surface area contributed by atoms with Crippen molar-refractivity contribution in [2.45, 2.75) is 19.8 Å². The summed E-state index contributed by atoms with van der Waals surface area (Å²) >= 11 is 0. The van der Waals surface area contributed by atoms with Crippen molar-refractivity contribution in [3.05, 3.63) is 42.5 Å². The molecule has 1 N–H and O–H groups in total. The van der Waals surface area contributed by atoms with Crippen molar-refractivity contribution in [3.63, 3.8) is 0 Å². The van der Waals surface area contributed by atoms with Gasteiger partial charge in [-0.1, -0.05) is 36.4 Å². The predicted octanol–water partition coefficient (Wildman–Crippen LogP) is 3.12. The average molecular weight is 282 g/mol. The Bertz CT molecular complexity index is 685. The number of nitrogens with zero attached hydrogens (tertiary/aromatic N) is 1. The predicted molar refractivity (Wildman–Crippen MR) is 83.4 cm³/mol. The summed E-state index contributed by atoms with van der Waals surface area (Å²) in [5.41, 5.74) is 3.54. The van der Waals surface area contributed by atoms with Gasteiger partial charge in [-0.25, -0.2) is 5.43 Å². The third kappa shape index (κ3) is 3.40. The quantitative estimate of drug-likeness (QED) is 0.676. The van der Waals surface area contributed by atoms with E-state index in [0.717, 1.165) is 16.5 Å². The number of hydrogen-bond donors (Lipinski definition) is 1. The molecule has 0 unspecified atom stereocenters. The third-order valence-electron chi connectivity index (χ3n) is 3.63. The van der Waals surface area contributed by atoms with Gasteiger partial charge >= 0.3 is 0 Å². The molecule has 1 fully saturated rings. The second kappa shape index (κ2) is 5.95. The lowest BCUT2D eigenvalue weighted by Crippen LogP contribution is -2.25. The molecule has 2 aromatic carbocycles. The molecular formula is C17H18N2O2. The smallest absolute Gasteiger partial charge is 0.277 e. The molecule has 21 heavy (non-hydrogen) atoms. The van der Waals surface area contributed by atoms with Crippen LogP contribution in [0.5, 0.6) is 5.75 Å². The number of benzene rings is 2. The second-order valence-electron chi connectivity index (χ2n) is 5.33. The van der Waals surface area contributed by atoms with Crippen LogP contribution in [-0.4, -0.2) is 18.2 Å². The normalized spacial score (nSPS) is 15.0. The van der Waals surface area contributed by atoms with Crippen molar-refractivity contribution < 1.29 is 9.53 Å². The summed E-state index contributed by atoms with van der Waals surface area (Å²) < 4.78 is 5.61. The molecule has 108 valence electrons. The summed E-state index contributed by atoms with van der Waals surface area (Å²) in [4.78, 5) is 11.8. The van der Waals surface area contributed by atoms with Crippen molar-refractivity contribution in [2.24, 2.45) is 11.0 Å². The number of amides is 1. The van der Waals surface area contributed by atoms with E-state index in [1.807, 2.05) is 49.4 Å². The fourth-order valence-corrected chi connectivity index (χ4v) is 2.24. The van der Waals surface area contributed by atoms with Crippen LogP contribution in [0.15, 0.2) is 47.6 Å². The summed E-state index contributed by atoms with van der Waals surface area (Å²) in [6, 6.07) is 13.8. The first kappa shape index (κ1) is 13.6. The van der Waals surface area contributed by atoms with Gasteiger partial charge in [-0.3, -0.25) is 4.79 Å². The van der Waals surface area contributed by atoms with E-state index in [1.54, 1.807) is 0 Å². The first-order valence-electron chi connectivity index (χ1n) is 7.17. The number of carbonyl (C=O) groups is 1. The van der Waals surface area contributed by atoms with Crippen LogP contribution in [-0.2, 0) is 4.79 Å². The van der Waals surface area contributed by atoms with Gasteiger partial charge in [-0.2, -0.15) is 5.10 Å². The molecule has 0 spiro atoms. The molecule has 1 saturated carbocycles. The molecule has 0 saturated heterocycles. The minimum Gasteiger partial charge on any atom is -0.483 e. The molecule has 0 bridgehead atoms. The van der Waals surface area contributed by atoms with Crippen molar-refractivity contribution in [3.8, 4) is 5.75 Å². The van der Waals surface area contributed by atoms with Gasteiger partial charge in [0.1, 0.15) is 5.75 Å². The van der Waals surface area contributed by atoms with E-state index in [2.05, 4.69) is 10.5 Å². The van der Waals surface area contributed by atoms with Crippen LogP contribution in [0, 0.1) is 5.92 Å². The zero-order chi connectivity index (χ0) is 14.7. The van der Waals surface area contributed by atoms with Gasteiger partial charge in [0.15, 0.2) is 6.61 Å². The first-order valence-corrected chi connectivity index (χ1v) is 7.17. The Hall–Kier alpha value is -2.36. The molecule has 4 nitrogen and oxygen atoms in total. The number of carbonyl (C=O) groups excluding carboxylic acids is 1. The number of hydrogen-bond acceptors (Lipinski definition) is 3. The molecule has 1 aliphatic rings. The van der Waals surface area contributed by atoms with Crippen molar-refractivity contribution in [1.82, 2.24) is 5.43 Å². The Labute approximate surface area is 123 Å². The van der Waals surface area contributed by atoms with Crippen LogP contribution in [0.1, 0.15) is 19.8 Å². The summed E-state index contributed by atoms with van der Waals surface area (Å²) in [5.74, 6) is 1.04. The summed E-state index contributed by atoms with van der Waals surface area (Å²) in [7, 11) is 0. The van der Waals surface area contributed by atoms with Gasteiger partial charge < -0.3 is 4.74 Å². The Morgan fingerprint density at radius 3 is 2.81 bits per heavy atom. The summed E-state index contributed by atoms with van der Waals surface area (Å²) in [5, 5.41) is 6.20. The van der Waals surface area contributed by atoms with E-state index in [-0.39, 0.29) is 12.5 Å². The van der Waals surface area contributed by atoms with E-state index in [4.69, 9.17) is 4.74 Å². The van der Waals surface area contributed by atoms with Crippen LogP contribution >= 0.6 is 0 Å². The SMILES string of the molecule is CC(=NNC(=O)COc1cccc2ccccc12)C1CC1. The standard InChI is InChI=1S/C17H18N2O2/c1-12(13-9-10-13)18-19-17(20)11-21-16-8-4-6-14-5-2-3-7-15(14)16/h2-8,13H,9-11H2,1H3,(H,19,20). The number of nitrogens with one attached hydrogen (secondary N) is 1. The van der Waals surface area contributed by atoms with E-state index in [1.165, 1.54) is 12.8 Å². The van der Waals surface area contributed by atoms with Crippen molar-refractivity contribution in [2.75, 3.05) is 6.61 Å². The van der Waals surface area contributed by atoms with Crippen LogP contribution in [0.3, 0.4) is 0 Å². The van der Waals surface area contributed by atoms with Crippen LogP contribution in [0.2, 0.25) is 0 Å². The molecular weight excluding hydrogens is 264 g/mol. The Morgan fingerprint density at radius 1 is 1.24 bits per heavy atom. The maximum absolute atomic E-state index is 11.8. The topological polar surface area (TPSA) is 50.7 Å². The number of ether oxygens (including phenoxy) is 1. The molecule has 0 atom stereocenters. The van der Waals surface area contributed by atoms with Gasteiger partial charge in [0.05, 0.1) is 0 Å². The monoisotopic (exact) mass is 282 g/mol. The van der Waals surface area contributed by atoms with Gasteiger partial charge in [-0.05, 0) is 37.1 Å². The summed E-state index contributed by atoms with van der Waals surface area (Å²) in [6.07, 6.45) is 2.36. The molecule has 0 aromatic heterocycles. The van der Waals surface area contributed by atoms with Crippen LogP contribution < -0.4 is 10.2 Å². The number of rotatable bonds is 5. The van der Waals surface area contributed by atoms with Crippen molar-refractivity contribution in [1.29, 1.82) is 0 Å².